The highest BCUT2D eigenvalue weighted by Gasteiger charge is 2.32. The largest absolute Gasteiger partial charge is 0.508 e. The van der Waals surface area contributed by atoms with Crippen LogP contribution in [0, 0.1) is 0 Å². The summed E-state index contributed by atoms with van der Waals surface area (Å²) in [6.07, 6.45) is 2.97. The topological polar surface area (TPSA) is 125 Å². The van der Waals surface area contributed by atoms with Gasteiger partial charge in [-0.25, -0.2) is 8.42 Å². The molecule has 0 bridgehead atoms. The van der Waals surface area contributed by atoms with Crippen molar-refractivity contribution in [2.75, 3.05) is 50.5 Å². The van der Waals surface area contributed by atoms with E-state index in [-0.39, 0.29) is 22.5 Å². The number of phenolic OH excluding ortho intramolecular Hbond substituents is 1. The maximum atomic E-state index is 12.4. The first-order valence-corrected chi connectivity index (χ1v) is 18.5. The number of nitrogens with one attached hydrogen (secondary N) is 1. The number of amides is 2. The molecule has 2 aliphatic heterocycles. The summed E-state index contributed by atoms with van der Waals surface area (Å²) >= 11 is 0. The van der Waals surface area contributed by atoms with Gasteiger partial charge in [0.15, 0.2) is 21.3 Å². The Hall–Kier alpha value is -5.39. The lowest BCUT2D eigenvalue weighted by Gasteiger charge is -2.36. The van der Waals surface area contributed by atoms with Gasteiger partial charge in [0.05, 0.1) is 28.3 Å². The second-order valence-electron chi connectivity index (χ2n) is 12.6. The summed E-state index contributed by atoms with van der Waals surface area (Å²) in [5.41, 5.74) is 3.30. The van der Waals surface area contributed by atoms with E-state index in [4.69, 9.17) is 9.47 Å². The van der Waals surface area contributed by atoms with Crippen LogP contribution in [0.3, 0.4) is 0 Å². The molecular formula is C39H37N3O7S. The van der Waals surface area contributed by atoms with Gasteiger partial charge in [0, 0.05) is 43.4 Å². The summed E-state index contributed by atoms with van der Waals surface area (Å²) in [7, 11) is -3.34. The van der Waals surface area contributed by atoms with E-state index in [1.165, 1.54) is 6.26 Å². The SMILES string of the molecule is CS(=O)(=O)c1ccc(-c2ccc3cc(O)ccc3c2Oc2ccccc2OCCCCN2CCN(c3cccc4c3C(=O)NC4=O)CC2)cc1. The summed E-state index contributed by atoms with van der Waals surface area (Å²) in [6, 6.07) is 28.5. The molecule has 0 saturated carbocycles. The molecule has 11 heteroatoms. The number of hydrogen-bond acceptors (Lipinski definition) is 9. The molecule has 10 nitrogen and oxygen atoms in total. The normalized spacial score (nSPS) is 14.9. The molecular weight excluding hydrogens is 655 g/mol. The van der Waals surface area contributed by atoms with Crippen molar-refractivity contribution in [3.8, 4) is 34.1 Å². The monoisotopic (exact) mass is 691 g/mol. The lowest BCUT2D eigenvalue weighted by molar-refractivity contribution is 0.0879. The van der Waals surface area contributed by atoms with Crippen molar-refractivity contribution >= 4 is 38.1 Å². The lowest BCUT2D eigenvalue weighted by Crippen LogP contribution is -2.47. The number of ether oxygens (including phenoxy) is 2. The average molecular weight is 692 g/mol. The number of carbonyl (C=O) groups excluding carboxylic acids is 2. The molecule has 0 aliphatic carbocycles. The van der Waals surface area contributed by atoms with Crippen LogP contribution in [0.1, 0.15) is 33.6 Å². The van der Waals surface area contributed by atoms with E-state index in [9.17, 15) is 23.1 Å². The second kappa shape index (κ2) is 13.9. The van der Waals surface area contributed by atoms with Crippen LogP contribution in [0.25, 0.3) is 21.9 Å². The zero-order valence-electron chi connectivity index (χ0n) is 27.6. The Morgan fingerprint density at radius 3 is 2.30 bits per heavy atom. The van der Waals surface area contributed by atoms with Gasteiger partial charge >= 0.3 is 0 Å². The van der Waals surface area contributed by atoms with Gasteiger partial charge in [0.25, 0.3) is 11.8 Å². The van der Waals surface area contributed by atoms with Gasteiger partial charge in [0.1, 0.15) is 11.5 Å². The highest BCUT2D eigenvalue weighted by atomic mass is 32.2. The number of unbranched alkanes of at least 4 members (excludes halogenated alkanes) is 1. The minimum Gasteiger partial charge on any atom is -0.508 e. The summed E-state index contributed by atoms with van der Waals surface area (Å²) in [6.45, 7) is 4.69. The summed E-state index contributed by atoms with van der Waals surface area (Å²) in [4.78, 5) is 29.3. The van der Waals surface area contributed by atoms with Gasteiger partial charge in [-0.15, -0.1) is 0 Å². The number of anilines is 1. The van der Waals surface area contributed by atoms with Crippen molar-refractivity contribution < 1.29 is 32.6 Å². The fraction of sp³-hybridized carbons (Fsp3) is 0.231. The molecule has 50 heavy (non-hydrogen) atoms. The van der Waals surface area contributed by atoms with Crippen LogP contribution >= 0.6 is 0 Å². The fourth-order valence-corrected chi connectivity index (χ4v) is 7.20. The first kappa shape index (κ1) is 33.1. The van der Waals surface area contributed by atoms with Crippen molar-refractivity contribution in [3.63, 3.8) is 0 Å². The Kier molecular flexibility index (Phi) is 9.18. The highest BCUT2D eigenvalue weighted by Crippen LogP contribution is 2.43. The molecule has 5 aromatic carbocycles. The van der Waals surface area contributed by atoms with Gasteiger partial charge in [-0.3, -0.25) is 19.8 Å². The van der Waals surface area contributed by atoms with Crippen LogP contribution in [-0.4, -0.2) is 75.8 Å². The maximum absolute atomic E-state index is 12.4. The average Bonchev–Trinajstić information content (AvgIpc) is 3.41. The van der Waals surface area contributed by atoms with Crippen molar-refractivity contribution in [1.82, 2.24) is 10.2 Å². The molecule has 256 valence electrons. The van der Waals surface area contributed by atoms with E-state index in [1.54, 1.807) is 42.5 Å². The first-order chi connectivity index (χ1) is 24.2. The number of fused-ring (bicyclic) bond motifs is 2. The fourth-order valence-electron chi connectivity index (χ4n) is 6.57. The van der Waals surface area contributed by atoms with Crippen LogP contribution in [0.5, 0.6) is 23.0 Å². The molecule has 0 radical (unpaired) electrons. The van der Waals surface area contributed by atoms with Crippen molar-refractivity contribution in [2.45, 2.75) is 17.7 Å². The van der Waals surface area contributed by atoms with Crippen LogP contribution < -0.4 is 19.7 Å². The van der Waals surface area contributed by atoms with E-state index in [2.05, 4.69) is 15.1 Å². The van der Waals surface area contributed by atoms with Gasteiger partial charge in [0.2, 0.25) is 0 Å². The van der Waals surface area contributed by atoms with Crippen molar-refractivity contribution in [2.24, 2.45) is 0 Å². The van der Waals surface area contributed by atoms with E-state index in [0.717, 1.165) is 73.2 Å². The summed E-state index contributed by atoms with van der Waals surface area (Å²) in [5, 5.41) is 14.1. The van der Waals surface area contributed by atoms with Crippen LogP contribution in [0.15, 0.2) is 102 Å². The zero-order valence-corrected chi connectivity index (χ0v) is 28.4. The molecule has 2 amide bonds. The Morgan fingerprint density at radius 1 is 0.780 bits per heavy atom. The molecule has 1 saturated heterocycles. The summed E-state index contributed by atoms with van der Waals surface area (Å²) < 4.78 is 37.0. The first-order valence-electron chi connectivity index (χ1n) is 16.6. The Labute approximate surface area is 290 Å². The number of sulfone groups is 1. The van der Waals surface area contributed by atoms with Gasteiger partial charge in [-0.1, -0.05) is 36.4 Å². The number of benzene rings is 5. The van der Waals surface area contributed by atoms with Gasteiger partial charge in [-0.2, -0.15) is 0 Å². The lowest BCUT2D eigenvalue weighted by atomic mass is 9.99. The standard InChI is InChI=1S/C39H37N3O7S/c1-50(46,47)29-15-11-26(12-16-29)30-17-13-27-25-28(43)14-18-31(27)37(30)49-35-10-3-2-9-34(35)48-24-5-4-19-41-20-22-42(23-21-41)33-8-6-7-32-36(33)39(45)40-38(32)44/h2-3,6-18,25,43H,4-5,19-24H2,1H3,(H,40,44,45). The number of hydrogen-bond donors (Lipinski definition) is 2. The Morgan fingerprint density at radius 2 is 1.54 bits per heavy atom. The number of nitrogens with zero attached hydrogens (tertiary/aromatic N) is 2. The van der Waals surface area contributed by atoms with E-state index in [0.29, 0.717) is 35.0 Å². The van der Waals surface area contributed by atoms with Crippen molar-refractivity contribution in [1.29, 1.82) is 0 Å². The Bertz CT molecular complexity index is 2190. The maximum Gasteiger partial charge on any atom is 0.261 e. The van der Waals surface area contributed by atoms with Gasteiger partial charge < -0.3 is 19.5 Å². The number of imide groups is 1. The van der Waals surface area contributed by atoms with Crippen molar-refractivity contribution in [3.05, 3.63) is 108 Å². The molecule has 0 aromatic heterocycles. The number of para-hydroxylation sites is 2. The smallest absolute Gasteiger partial charge is 0.261 e. The minimum absolute atomic E-state index is 0.144. The Balaban J connectivity index is 0.986. The van der Waals surface area contributed by atoms with Crippen LogP contribution in [-0.2, 0) is 9.84 Å². The highest BCUT2D eigenvalue weighted by molar-refractivity contribution is 7.90. The number of piperazine rings is 1. The number of rotatable bonds is 11. The molecule has 7 rings (SSSR count). The molecule has 0 atom stereocenters. The van der Waals surface area contributed by atoms with Crippen LogP contribution in [0.4, 0.5) is 5.69 Å². The van der Waals surface area contributed by atoms with E-state index < -0.39 is 9.84 Å². The third-order valence-corrected chi connectivity index (χ3v) is 10.3. The molecule has 2 N–H and O–H groups in total. The molecule has 2 aliphatic rings. The number of aromatic hydroxyl groups is 1. The zero-order chi connectivity index (χ0) is 34.8. The minimum atomic E-state index is -3.34. The molecule has 0 unspecified atom stereocenters. The quantitative estimate of drug-likeness (QED) is 0.122. The van der Waals surface area contributed by atoms with E-state index in [1.807, 2.05) is 54.6 Å². The third kappa shape index (κ3) is 6.87. The predicted octanol–water partition coefficient (Wildman–Crippen LogP) is 6.27. The molecule has 2 heterocycles. The van der Waals surface area contributed by atoms with E-state index >= 15 is 0 Å². The van der Waals surface area contributed by atoms with Gasteiger partial charge in [-0.05, 0) is 91.0 Å². The number of phenols is 1. The molecule has 1 fully saturated rings. The third-order valence-electron chi connectivity index (χ3n) is 9.19. The summed E-state index contributed by atoms with van der Waals surface area (Å²) in [5.74, 6) is 1.20. The number of carbonyl (C=O) groups is 2. The molecule has 5 aromatic rings. The second-order valence-corrected chi connectivity index (χ2v) is 14.6. The molecule has 0 spiro atoms. The predicted molar refractivity (Wildman–Crippen MR) is 192 cm³/mol. The van der Waals surface area contributed by atoms with Crippen LogP contribution in [0.2, 0.25) is 0 Å².